The largest absolute Gasteiger partial charge is 0.478 e. The van der Waals surface area contributed by atoms with Crippen LogP contribution in [-0.4, -0.2) is 31.0 Å². The maximum absolute atomic E-state index is 12.7. The Kier molecular flexibility index (Phi) is 5.56. The van der Waals surface area contributed by atoms with Gasteiger partial charge in [0.25, 0.3) is 5.91 Å². The van der Waals surface area contributed by atoms with Crippen LogP contribution in [0.3, 0.4) is 0 Å². The predicted octanol–water partition coefficient (Wildman–Crippen LogP) is 3.63. The molecule has 5 nitrogen and oxygen atoms in total. The first kappa shape index (κ1) is 18.0. The highest BCUT2D eigenvalue weighted by Crippen LogP contribution is 2.34. The zero-order valence-electron chi connectivity index (χ0n) is 15.2. The molecule has 26 heavy (non-hydrogen) atoms. The Morgan fingerprint density at radius 3 is 2.46 bits per heavy atom. The Morgan fingerprint density at radius 2 is 1.77 bits per heavy atom. The van der Waals surface area contributed by atoms with Crippen molar-refractivity contribution in [3.05, 3.63) is 54.6 Å². The van der Waals surface area contributed by atoms with Crippen LogP contribution in [0, 0.1) is 0 Å². The minimum Gasteiger partial charge on any atom is -0.478 e. The van der Waals surface area contributed by atoms with Gasteiger partial charge in [-0.15, -0.1) is 0 Å². The zero-order chi connectivity index (χ0) is 18.5. The monoisotopic (exact) mass is 352 g/mol. The van der Waals surface area contributed by atoms with Crippen LogP contribution in [0.1, 0.15) is 26.7 Å². The quantitative estimate of drug-likeness (QED) is 0.798. The van der Waals surface area contributed by atoms with Gasteiger partial charge in [0.05, 0.1) is 5.69 Å². The number of anilines is 2. The second kappa shape index (κ2) is 8.04. The van der Waals surface area contributed by atoms with Crippen LogP contribution in [0.15, 0.2) is 54.6 Å². The molecule has 0 radical (unpaired) electrons. The maximum atomic E-state index is 12.7. The van der Waals surface area contributed by atoms with Crippen molar-refractivity contribution in [2.24, 2.45) is 0 Å². The number of hydrogen-bond acceptors (Lipinski definition) is 3. The third-order valence-electron chi connectivity index (χ3n) is 4.57. The smallest absolute Gasteiger partial charge is 0.268 e. The van der Waals surface area contributed by atoms with Gasteiger partial charge in [0.1, 0.15) is 5.75 Å². The lowest BCUT2D eigenvalue weighted by molar-refractivity contribution is -0.126. The topological polar surface area (TPSA) is 49.9 Å². The van der Waals surface area contributed by atoms with Gasteiger partial charge in [-0.05, 0) is 37.6 Å². The van der Waals surface area contributed by atoms with E-state index in [2.05, 4.69) is 0 Å². The van der Waals surface area contributed by atoms with Gasteiger partial charge in [-0.3, -0.25) is 9.59 Å². The van der Waals surface area contributed by atoms with Crippen LogP contribution in [0.5, 0.6) is 5.75 Å². The van der Waals surface area contributed by atoms with E-state index in [1.165, 1.54) is 0 Å². The molecule has 1 unspecified atom stereocenters. The third kappa shape index (κ3) is 3.57. The molecule has 2 aromatic rings. The number of hydrogen-bond donors (Lipinski definition) is 0. The van der Waals surface area contributed by atoms with Crippen LogP contribution in [0.25, 0.3) is 0 Å². The van der Waals surface area contributed by atoms with E-state index in [0.717, 1.165) is 11.4 Å². The molecule has 0 N–H and O–H groups in total. The average Bonchev–Trinajstić information content (AvgIpc) is 2.68. The second-order valence-corrected chi connectivity index (χ2v) is 6.20. The SMILES string of the molecule is CCC1Oc2ccccc2N(CCC(=O)N(CC)c2ccccc2)C1=O. The minimum absolute atomic E-state index is 0.00326. The van der Waals surface area contributed by atoms with Gasteiger partial charge in [0.15, 0.2) is 6.10 Å². The fraction of sp³-hybridized carbons (Fsp3) is 0.333. The third-order valence-corrected chi connectivity index (χ3v) is 4.57. The zero-order valence-corrected chi connectivity index (χ0v) is 15.2. The number of carbonyl (C=O) groups is 2. The molecule has 0 fully saturated rings. The van der Waals surface area contributed by atoms with E-state index < -0.39 is 6.10 Å². The molecular weight excluding hydrogens is 328 g/mol. The molecule has 1 aliphatic heterocycles. The van der Waals surface area contributed by atoms with Crippen molar-refractivity contribution in [2.45, 2.75) is 32.8 Å². The van der Waals surface area contributed by atoms with Crippen molar-refractivity contribution in [1.82, 2.24) is 0 Å². The van der Waals surface area contributed by atoms with Crippen LogP contribution < -0.4 is 14.5 Å². The normalized spacial score (nSPS) is 16.0. The number of nitrogens with zero attached hydrogens (tertiary/aromatic N) is 2. The molecule has 0 aromatic heterocycles. The van der Waals surface area contributed by atoms with Gasteiger partial charge in [-0.25, -0.2) is 0 Å². The molecule has 1 aliphatic rings. The van der Waals surface area contributed by atoms with Crippen molar-refractivity contribution >= 4 is 23.2 Å². The lowest BCUT2D eigenvalue weighted by atomic mass is 10.1. The van der Waals surface area contributed by atoms with Gasteiger partial charge in [-0.2, -0.15) is 0 Å². The van der Waals surface area contributed by atoms with E-state index in [1.54, 1.807) is 9.80 Å². The van der Waals surface area contributed by atoms with E-state index in [4.69, 9.17) is 4.74 Å². The maximum Gasteiger partial charge on any atom is 0.268 e. The standard InChI is InChI=1S/C21H24N2O3/c1-3-18-21(25)23(17-12-8-9-13-19(17)26-18)15-14-20(24)22(4-2)16-10-6-5-7-11-16/h5-13,18H,3-4,14-15H2,1-2H3. The Balaban J connectivity index is 1.75. The molecule has 0 spiro atoms. The highest BCUT2D eigenvalue weighted by molar-refractivity contribution is 6.01. The number of carbonyl (C=O) groups excluding carboxylic acids is 2. The molecule has 2 aromatic carbocycles. The molecule has 0 aliphatic carbocycles. The van der Waals surface area contributed by atoms with E-state index in [0.29, 0.717) is 25.3 Å². The van der Waals surface area contributed by atoms with Gasteiger partial charge < -0.3 is 14.5 Å². The van der Waals surface area contributed by atoms with Gasteiger partial charge in [0, 0.05) is 25.2 Å². The Morgan fingerprint density at radius 1 is 1.08 bits per heavy atom. The van der Waals surface area contributed by atoms with Crippen LogP contribution in [0.4, 0.5) is 11.4 Å². The van der Waals surface area contributed by atoms with Crippen LogP contribution in [-0.2, 0) is 9.59 Å². The summed E-state index contributed by atoms with van der Waals surface area (Å²) in [4.78, 5) is 28.9. The molecule has 3 rings (SSSR count). The van der Waals surface area contributed by atoms with Gasteiger partial charge >= 0.3 is 0 Å². The summed E-state index contributed by atoms with van der Waals surface area (Å²) in [7, 11) is 0. The van der Waals surface area contributed by atoms with Crippen molar-refractivity contribution in [3.8, 4) is 5.75 Å². The average molecular weight is 352 g/mol. The molecule has 0 saturated carbocycles. The van der Waals surface area contributed by atoms with Crippen molar-refractivity contribution < 1.29 is 14.3 Å². The Hall–Kier alpha value is -2.82. The highest BCUT2D eigenvalue weighted by atomic mass is 16.5. The van der Waals surface area contributed by atoms with Crippen molar-refractivity contribution in [3.63, 3.8) is 0 Å². The number of para-hydroxylation sites is 3. The molecule has 0 saturated heterocycles. The summed E-state index contributed by atoms with van der Waals surface area (Å²) >= 11 is 0. The number of rotatable bonds is 6. The molecule has 136 valence electrons. The highest BCUT2D eigenvalue weighted by Gasteiger charge is 2.33. The number of amides is 2. The number of benzene rings is 2. The summed E-state index contributed by atoms with van der Waals surface area (Å²) in [6, 6.07) is 17.1. The predicted molar refractivity (Wildman–Crippen MR) is 103 cm³/mol. The van der Waals surface area contributed by atoms with Gasteiger partial charge in [-0.1, -0.05) is 37.3 Å². The molecule has 0 bridgehead atoms. The van der Waals surface area contributed by atoms with E-state index in [-0.39, 0.29) is 18.2 Å². The molecule has 2 amide bonds. The first-order valence-electron chi connectivity index (χ1n) is 9.08. The summed E-state index contributed by atoms with van der Waals surface area (Å²) < 4.78 is 5.78. The second-order valence-electron chi connectivity index (χ2n) is 6.20. The number of fused-ring (bicyclic) bond motifs is 1. The fourth-order valence-corrected chi connectivity index (χ4v) is 3.22. The van der Waals surface area contributed by atoms with Crippen molar-refractivity contribution in [2.75, 3.05) is 22.9 Å². The number of ether oxygens (including phenoxy) is 1. The Bertz CT molecular complexity index is 776. The summed E-state index contributed by atoms with van der Waals surface area (Å²) in [6.07, 6.45) is 0.374. The van der Waals surface area contributed by atoms with E-state index in [9.17, 15) is 9.59 Å². The first-order valence-corrected chi connectivity index (χ1v) is 9.08. The summed E-state index contributed by atoms with van der Waals surface area (Å²) in [5, 5.41) is 0. The van der Waals surface area contributed by atoms with Crippen LogP contribution in [0.2, 0.25) is 0 Å². The van der Waals surface area contributed by atoms with Crippen LogP contribution >= 0.6 is 0 Å². The fourth-order valence-electron chi connectivity index (χ4n) is 3.22. The molecule has 1 atom stereocenters. The summed E-state index contributed by atoms with van der Waals surface area (Å²) in [5.74, 6) is 0.618. The summed E-state index contributed by atoms with van der Waals surface area (Å²) in [6.45, 7) is 4.81. The van der Waals surface area contributed by atoms with Crippen molar-refractivity contribution in [1.29, 1.82) is 0 Å². The lowest BCUT2D eigenvalue weighted by Crippen LogP contribution is -2.47. The summed E-state index contributed by atoms with van der Waals surface area (Å²) in [5.41, 5.74) is 1.61. The molecule has 5 heteroatoms. The van der Waals surface area contributed by atoms with E-state index >= 15 is 0 Å². The Labute approximate surface area is 154 Å². The minimum atomic E-state index is -0.489. The van der Waals surface area contributed by atoms with Gasteiger partial charge in [0.2, 0.25) is 5.91 Å². The molecular formula is C21H24N2O3. The first-order chi connectivity index (χ1) is 12.7. The lowest BCUT2D eigenvalue weighted by Gasteiger charge is -2.34. The molecule has 1 heterocycles. The van der Waals surface area contributed by atoms with E-state index in [1.807, 2.05) is 68.4 Å².